The first-order chi connectivity index (χ1) is 11.7. The van der Waals surface area contributed by atoms with E-state index in [0.717, 1.165) is 33.8 Å². The number of imidazole rings is 1. The summed E-state index contributed by atoms with van der Waals surface area (Å²) in [6.45, 7) is 0. The van der Waals surface area contributed by atoms with Crippen LogP contribution in [0.25, 0.3) is 28.0 Å². The molecule has 118 valence electrons. The summed E-state index contributed by atoms with van der Waals surface area (Å²) in [4.78, 5) is 4.60. The monoisotopic (exact) mass is 318 g/mol. The van der Waals surface area contributed by atoms with Crippen molar-refractivity contribution in [2.24, 2.45) is 0 Å². The largest absolute Gasteiger partial charge is 0.497 e. The molecule has 3 nitrogen and oxygen atoms in total. The lowest BCUT2D eigenvalue weighted by atomic mass is 10.1. The van der Waals surface area contributed by atoms with Crippen molar-refractivity contribution in [2.75, 3.05) is 7.11 Å². The molecule has 0 aliphatic heterocycles. The number of aromatic nitrogens is 2. The number of hydrogen-bond acceptors (Lipinski definition) is 2. The first kappa shape index (κ1) is 14.5. The van der Waals surface area contributed by atoms with Crippen LogP contribution < -0.4 is 4.74 Å². The summed E-state index contributed by atoms with van der Waals surface area (Å²) in [5, 5.41) is 0. The molecule has 0 radical (unpaired) electrons. The van der Waals surface area contributed by atoms with Gasteiger partial charge in [-0.2, -0.15) is 0 Å². The maximum atomic E-state index is 13.1. The molecule has 0 saturated carbocycles. The third-order valence-electron chi connectivity index (χ3n) is 4.01. The fraction of sp³-hybridized carbons (Fsp3) is 0.0500. The maximum absolute atomic E-state index is 13.1. The number of halogens is 1. The summed E-state index contributed by atoms with van der Waals surface area (Å²) in [5.74, 6) is 0.588. The molecule has 24 heavy (non-hydrogen) atoms. The summed E-state index contributed by atoms with van der Waals surface area (Å²) in [6, 6.07) is 18.3. The molecule has 0 spiro atoms. The zero-order chi connectivity index (χ0) is 16.5. The van der Waals surface area contributed by atoms with Crippen LogP contribution in [-0.2, 0) is 0 Å². The standard InChI is InChI=1S/C20H15FN2O/c1-24-18-9-4-14(5-10-18)16-6-11-20-22-19(13-23(20)12-16)15-2-7-17(21)8-3-15/h2-13H,1H3. The Kier molecular flexibility index (Phi) is 3.50. The minimum Gasteiger partial charge on any atom is -0.497 e. The van der Waals surface area contributed by atoms with E-state index in [9.17, 15) is 4.39 Å². The molecule has 4 heteroatoms. The number of nitrogens with zero attached hydrogens (tertiary/aromatic N) is 2. The molecule has 0 atom stereocenters. The highest BCUT2D eigenvalue weighted by atomic mass is 19.1. The number of rotatable bonds is 3. The SMILES string of the molecule is COc1ccc(-c2ccc3nc(-c4ccc(F)cc4)cn3c2)cc1. The summed E-state index contributed by atoms with van der Waals surface area (Å²) in [5.41, 5.74) is 4.77. The van der Waals surface area contributed by atoms with Gasteiger partial charge in [0.15, 0.2) is 0 Å². The zero-order valence-electron chi connectivity index (χ0n) is 13.1. The fourth-order valence-electron chi connectivity index (χ4n) is 2.71. The molecule has 0 unspecified atom stereocenters. The first-order valence-corrected chi connectivity index (χ1v) is 7.62. The van der Waals surface area contributed by atoms with E-state index >= 15 is 0 Å². The number of hydrogen-bond donors (Lipinski definition) is 0. The lowest BCUT2D eigenvalue weighted by Crippen LogP contribution is -1.86. The van der Waals surface area contributed by atoms with E-state index < -0.39 is 0 Å². The van der Waals surface area contributed by atoms with Crippen LogP contribution in [0.1, 0.15) is 0 Å². The summed E-state index contributed by atoms with van der Waals surface area (Å²) >= 11 is 0. The quantitative estimate of drug-likeness (QED) is 0.541. The predicted molar refractivity (Wildman–Crippen MR) is 92.6 cm³/mol. The van der Waals surface area contributed by atoms with Gasteiger partial charge in [-0.25, -0.2) is 9.37 Å². The molecule has 2 aromatic carbocycles. The zero-order valence-corrected chi connectivity index (χ0v) is 13.1. The summed E-state index contributed by atoms with van der Waals surface area (Å²) in [7, 11) is 1.66. The number of benzene rings is 2. The Balaban J connectivity index is 1.73. The van der Waals surface area contributed by atoms with Gasteiger partial charge in [-0.1, -0.05) is 12.1 Å². The Morgan fingerprint density at radius 2 is 1.46 bits per heavy atom. The normalized spacial score (nSPS) is 10.9. The third-order valence-corrected chi connectivity index (χ3v) is 4.01. The van der Waals surface area contributed by atoms with Crippen LogP contribution in [0.15, 0.2) is 73.1 Å². The van der Waals surface area contributed by atoms with E-state index in [-0.39, 0.29) is 5.82 Å². The van der Waals surface area contributed by atoms with Gasteiger partial charge in [0.1, 0.15) is 17.2 Å². The van der Waals surface area contributed by atoms with Crippen molar-refractivity contribution in [3.05, 3.63) is 78.9 Å². The van der Waals surface area contributed by atoms with Crippen molar-refractivity contribution in [1.29, 1.82) is 0 Å². The van der Waals surface area contributed by atoms with Crippen LogP contribution in [0.4, 0.5) is 4.39 Å². The number of methoxy groups -OCH3 is 1. The Bertz CT molecular complexity index is 989. The molecule has 0 N–H and O–H groups in total. The second-order valence-electron chi connectivity index (χ2n) is 5.54. The number of ether oxygens (including phenoxy) is 1. The molecule has 0 bridgehead atoms. The van der Waals surface area contributed by atoms with E-state index in [1.807, 2.05) is 53.2 Å². The molecule has 0 amide bonds. The van der Waals surface area contributed by atoms with Crippen molar-refractivity contribution in [2.45, 2.75) is 0 Å². The van der Waals surface area contributed by atoms with Gasteiger partial charge < -0.3 is 9.14 Å². The van der Waals surface area contributed by atoms with Gasteiger partial charge in [0.05, 0.1) is 12.8 Å². The van der Waals surface area contributed by atoms with Gasteiger partial charge in [0.25, 0.3) is 0 Å². The van der Waals surface area contributed by atoms with Crippen molar-refractivity contribution >= 4 is 5.65 Å². The molecule has 0 aliphatic rings. The first-order valence-electron chi connectivity index (χ1n) is 7.62. The van der Waals surface area contributed by atoms with Crippen LogP contribution in [0, 0.1) is 5.82 Å². The number of fused-ring (bicyclic) bond motifs is 1. The Hall–Kier alpha value is -3.14. The molecule has 0 fully saturated rings. The second-order valence-corrected chi connectivity index (χ2v) is 5.54. The Labute approximate surface area is 139 Å². The summed E-state index contributed by atoms with van der Waals surface area (Å²) < 4.78 is 20.2. The average Bonchev–Trinajstić information content (AvgIpc) is 3.05. The van der Waals surface area contributed by atoms with Crippen LogP contribution in [-0.4, -0.2) is 16.5 Å². The predicted octanol–water partition coefficient (Wildman–Crippen LogP) is 4.82. The molecular formula is C20H15FN2O. The van der Waals surface area contributed by atoms with E-state index in [4.69, 9.17) is 4.74 Å². The van der Waals surface area contributed by atoms with Crippen LogP contribution in [0.2, 0.25) is 0 Å². The van der Waals surface area contributed by atoms with E-state index in [0.29, 0.717) is 0 Å². The van der Waals surface area contributed by atoms with Crippen molar-refractivity contribution < 1.29 is 9.13 Å². The van der Waals surface area contributed by atoms with Crippen molar-refractivity contribution in [1.82, 2.24) is 9.38 Å². The van der Waals surface area contributed by atoms with Gasteiger partial charge in [0, 0.05) is 18.0 Å². The van der Waals surface area contributed by atoms with Gasteiger partial charge in [-0.05, 0) is 59.7 Å². The Morgan fingerprint density at radius 1 is 0.792 bits per heavy atom. The van der Waals surface area contributed by atoms with Gasteiger partial charge >= 0.3 is 0 Å². The molecule has 4 aromatic rings. The van der Waals surface area contributed by atoms with Crippen LogP contribution in [0.3, 0.4) is 0 Å². The smallest absolute Gasteiger partial charge is 0.137 e. The van der Waals surface area contributed by atoms with Crippen LogP contribution in [0.5, 0.6) is 5.75 Å². The fourth-order valence-corrected chi connectivity index (χ4v) is 2.71. The lowest BCUT2D eigenvalue weighted by Gasteiger charge is -2.04. The minimum absolute atomic E-state index is 0.246. The topological polar surface area (TPSA) is 26.5 Å². The second kappa shape index (κ2) is 5.81. The molecule has 0 aliphatic carbocycles. The highest BCUT2D eigenvalue weighted by Gasteiger charge is 2.06. The van der Waals surface area contributed by atoms with Gasteiger partial charge in [0.2, 0.25) is 0 Å². The van der Waals surface area contributed by atoms with Gasteiger partial charge in [-0.3, -0.25) is 0 Å². The third kappa shape index (κ3) is 2.63. The van der Waals surface area contributed by atoms with E-state index in [1.165, 1.54) is 12.1 Å². The average molecular weight is 318 g/mol. The van der Waals surface area contributed by atoms with E-state index in [1.54, 1.807) is 19.2 Å². The lowest BCUT2D eigenvalue weighted by molar-refractivity contribution is 0.415. The maximum Gasteiger partial charge on any atom is 0.137 e. The molecule has 4 rings (SSSR count). The van der Waals surface area contributed by atoms with Gasteiger partial charge in [-0.15, -0.1) is 0 Å². The Morgan fingerprint density at radius 3 is 2.17 bits per heavy atom. The highest BCUT2D eigenvalue weighted by molar-refractivity contribution is 5.68. The van der Waals surface area contributed by atoms with Crippen molar-refractivity contribution in [3.63, 3.8) is 0 Å². The van der Waals surface area contributed by atoms with Crippen molar-refractivity contribution in [3.8, 4) is 28.1 Å². The molecular weight excluding hydrogens is 303 g/mol. The molecule has 2 heterocycles. The summed E-state index contributed by atoms with van der Waals surface area (Å²) in [6.07, 6.45) is 3.99. The molecule has 2 aromatic heterocycles. The van der Waals surface area contributed by atoms with Crippen LogP contribution >= 0.6 is 0 Å². The highest BCUT2D eigenvalue weighted by Crippen LogP contribution is 2.25. The number of pyridine rings is 1. The molecule has 0 saturated heterocycles. The minimum atomic E-state index is -0.246. The van der Waals surface area contributed by atoms with E-state index in [2.05, 4.69) is 4.98 Å².